The summed E-state index contributed by atoms with van der Waals surface area (Å²) in [7, 11) is 1.86. The second-order valence-corrected chi connectivity index (χ2v) is 4.29. The summed E-state index contributed by atoms with van der Waals surface area (Å²) >= 11 is 3.37. The molecule has 0 aromatic heterocycles. The van der Waals surface area contributed by atoms with E-state index < -0.39 is 0 Å². The first-order valence-corrected chi connectivity index (χ1v) is 5.63. The number of hydrogen-bond acceptors (Lipinski definition) is 2. The van der Waals surface area contributed by atoms with Crippen molar-refractivity contribution in [1.82, 2.24) is 10.6 Å². The summed E-state index contributed by atoms with van der Waals surface area (Å²) in [4.78, 5) is 11.7. The molecule has 0 aliphatic rings. The van der Waals surface area contributed by atoms with Crippen LogP contribution in [0.3, 0.4) is 0 Å². The monoisotopic (exact) mass is 306 g/mol. The fourth-order valence-electron chi connectivity index (χ4n) is 1.27. The first-order valence-electron chi connectivity index (χ1n) is 4.83. The lowest BCUT2D eigenvalue weighted by atomic mass is 10.1. The van der Waals surface area contributed by atoms with Gasteiger partial charge in [0.05, 0.1) is 0 Å². The average molecular weight is 308 g/mol. The molecular weight excluding hydrogens is 291 g/mol. The zero-order valence-corrected chi connectivity index (χ0v) is 11.7. The Morgan fingerprint density at radius 3 is 2.56 bits per heavy atom. The van der Waals surface area contributed by atoms with Crippen molar-refractivity contribution < 1.29 is 4.79 Å². The zero-order chi connectivity index (χ0) is 11.3. The van der Waals surface area contributed by atoms with Crippen LogP contribution in [0.15, 0.2) is 22.7 Å². The van der Waals surface area contributed by atoms with E-state index in [1.165, 1.54) is 0 Å². The molecule has 0 aliphatic heterocycles. The van der Waals surface area contributed by atoms with Crippen LogP contribution in [-0.2, 0) is 0 Å². The molecular formula is C11H16BrClN2O. The van der Waals surface area contributed by atoms with E-state index >= 15 is 0 Å². The largest absolute Gasteiger partial charge is 0.351 e. The summed E-state index contributed by atoms with van der Waals surface area (Å²) in [5.74, 6) is -0.0327. The molecule has 0 atom stereocenters. The van der Waals surface area contributed by atoms with E-state index in [0.717, 1.165) is 16.6 Å². The second kappa shape index (κ2) is 7.65. The van der Waals surface area contributed by atoms with Gasteiger partial charge in [-0.05, 0) is 37.7 Å². The van der Waals surface area contributed by atoms with E-state index in [0.29, 0.717) is 12.1 Å². The topological polar surface area (TPSA) is 41.1 Å². The third kappa shape index (κ3) is 4.96. The van der Waals surface area contributed by atoms with Crippen LogP contribution < -0.4 is 10.6 Å². The summed E-state index contributed by atoms with van der Waals surface area (Å²) in [6.07, 6.45) is 0. The molecule has 0 saturated heterocycles. The number of hydrogen-bond donors (Lipinski definition) is 2. The molecule has 0 unspecified atom stereocenters. The van der Waals surface area contributed by atoms with Crippen LogP contribution >= 0.6 is 28.3 Å². The van der Waals surface area contributed by atoms with Gasteiger partial charge in [0.25, 0.3) is 5.91 Å². The number of aryl methyl sites for hydroxylation is 1. The molecule has 5 heteroatoms. The number of carbonyl (C=O) groups excluding carboxylic acids is 1. The number of rotatable bonds is 4. The number of halogens is 2. The molecule has 0 heterocycles. The number of amides is 1. The number of nitrogens with one attached hydrogen (secondary N) is 2. The maximum absolute atomic E-state index is 11.7. The van der Waals surface area contributed by atoms with Crippen LogP contribution in [0.2, 0.25) is 0 Å². The van der Waals surface area contributed by atoms with Crippen molar-refractivity contribution in [3.8, 4) is 0 Å². The summed E-state index contributed by atoms with van der Waals surface area (Å²) in [6.45, 7) is 3.38. The van der Waals surface area contributed by atoms with Crippen LogP contribution in [0.1, 0.15) is 15.9 Å². The zero-order valence-electron chi connectivity index (χ0n) is 9.34. The van der Waals surface area contributed by atoms with Crippen LogP contribution in [0.25, 0.3) is 0 Å². The van der Waals surface area contributed by atoms with Gasteiger partial charge in [-0.2, -0.15) is 0 Å². The van der Waals surface area contributed by atoms with Crippen LogP contribution in [0, 0.1) is 6.92 Å². The molecule has 0 saturated carbocycles. The average Bonchev–Trinajstić information content (AvgIpc) is 2.16. The predicted molar refractivity (Wildman–Crippen MR) is 72.4 cm³/mol. The summed E-state index contributed by atoms with van der Waals surface area (Å²) < 4.78 is 0.932. The molecule has 0 bridgehead atoms. The third-order valence-corrected chi connectivity index (χ3v) is 2.42. The molecule has 1 amide bonds. The van der Waals surface area contributed by atoms with Gasteiger partial charge in [-0.15, -0.1) is 12.4 Å². The van der Waals surface area contributed by atoms with Crippen molar-refractivity contribution in [3.05, 3.63) is 33.8 Å². The molecule has 1 aromatic rings. The van der Waals surface area contributed by atoms with Crippen molar-refractivity contribution in [2.75, 3.05) is 20.1 Å². The Bertz CT molecular complexity index is 338. The molecule has 3 nitrogen and oxygen atoms in total. The smallest absolute Gasteiger partial charge is 0.251 e. The Morgan fingerprint density at radius 2 is 2.00 bits per heavy atom. The van der Waals surface area contributed by atoms with Gasteiger partial charge in [0.1, 0.15) is 0 Å². The van der Waals surface area contributed by atoms with Gasteiger partial charge >= 0.3 is 0 Å². The van der Waals surface area contributed by atoms with Crippen molar-refractivity contribution in [3.63, 3.8) is 0 Å². The van der Waals surface area contributed by atoms with Gasteiger partial charge in [-0.1, -0.05) is 15.9 Å². The van der Waals surface area contributed by atoms with Gasteiger partial charge in [0, 0.05) is 23.1 Å². The predicted octanol–water partition coefficient (Wildman–Crippen LogP) is 2.13. The fourth-order valence-corrected chi connectivity index (χ4v) is 1.88. The van der Waals surface area contributed by atoms with Crippen molar-refractivity contribution in [1.29, 1.82) is 0 Å². The minimum Gasteiger partial charge on any atom is -0.351 e. The minimum absolute atomic E-state index is 0. The molecule has 1 rings (SSSR count). The fraction of sp³-hybridized carbons (Fsp3) is 0.364. The molecule has 1 aromatic carbocycles. The molecule has 0 fully saturated rings. The van der Waals surface area contributed by atoms with E-state index in [9.17, 15) is 4.79 Å². The Kier molecular flexibility index (Phi) is 7.38. The Balaban J connectivity index is 0.00000225. The van der Waals surface area contributed by atoms with E-state index in [2.05, 4.69) is 26.6 Å². The highest BCUT2D eigenvalue weighted by Gasteiger charge is 2.05. The maximum Gasteiger partial charge on any atom is 0.251 e. The number of benzene rings is 1. The van der Waals surface area contributed by atoms with E-state index in [1.54, 1.807) is 0 Å². The number of carbonyl (C=O) groups is 1. The molecule has 0 spiro atoms. The van der Waals surface area contributed by atoms with Gasteiger partial charge in [0.2, 0.25) is 0 Å². The molecule has 2 N–H and O–H groups in total. The van der Waals surface area contributed by atoms with Gasteiger partial charge < -0.3 is 10.6 Å². The summed E-state index contributed by atoms with van der Waals surface area (Å²) in [6, 6.07) is 5.67. The lowest BCUT2D eigenvalue weighted by Crippen LogP contribution is -2.30. The Hall–Kier alpha value is -0.580. The lowest BCUT2D eigenvalue weighted by Gasteiger charge is -2.06. The van der Waals surface area contributed by atoms with Crippen molar-refractivity contribution in [2.24, 2.45) is 0 Å². The molecule has 0 radical (unpaired) electrons. The van der Waals surface area contributed by atoms with Crippen molar-refractivity contribution in [2.45, 2.75) is 6.92 Å². The maximum atomic E-state index is 11.7. The molecule has 0 aliphatic carbocycles. The standard InChI is InChI=1S/C11H15BrN2O.ClH/c1-8-5-9(7-10(12)6-8)11(15)14-4-3-13-2;/h5-7,13H,3-4H2,1-2H3,(H,14,15);1H. The minimum atomic E-state index is -0.0327. The van der Waals surface area contributed by atoms with Gasteiger partial charge in [-0.3, -0.25) is 4.79 Å². The second-order valence-electron chi connectivity index (χ2n) is 3.38. The number of likely N-dealkylation sites (N-methyl/N-ethyl adjacent to an activating group) is 1. The lowest BCUT2D eigenvalue weighted by molar-refractivity contribution is 0.0954. The van der Waals surface area contributed by atoms with Crippen molar-refractivity contribution >= 4 is 34.2 Å². The van der Waals surface area contributed by atoms with Crippen LogP contribution in [-0.4, -0.2) is 26.0 Å². The van der Waals surface area contributed by atoms with Gasteiger partial charge in [0.15, 0.2) is 0 Å². The SMILES string of the molecule is CNCCNC(=O)c1cc(C)cc(Br)c1.Cl. The first-order chi connectivity index (χ1) is 7.13. The Labute approximate surface area is 111 Å². The van der Waals surface area contributed by atoms with Crippen LogP contribution in [0.4, 0.5) is 0 Å². The van der Waals surface area contributed by atoms with Crippen LogP contribution in [0.5, 0.6) is 0 Å². The third-order valence-electron chi connectivity index (χ3n) is 1.96. The summed E-state index contributed by atoms with van der Waals surface area (Å²) in [5.41, 5.74) is 1.76. The highest BCUT2D eigenvalue weighted by atomic mass is 79.9. The molecule has 90 valence electrons. The normalized spacial score (nSPS) is 9.44. The quantitative estimate of drug-likeness (QED) is 0.837. The van der Waals surface area contributed by atoms with E-state index in [-0.39, 0.29) is 18.3 Å². The van der Waals surface area contributed by atoms with Gasteiger partial charge in [-0.25, -0.2) is 0 Å². The Morgan fingerprint density at radius 1 is 1.31 bits per heavy atom. The van der Waals surface area contributed by atoms with E-state index in [1.807, 2.05) is 32.2 Å². The highest BCUT2D eigenvalue weighted by Crippen LogP contribution is 2.15. The molecule has 16 heavy (non-hydrogen) atoms. The summed E-state index contributed by atoms with van der Waals surface area (Å²) in [5, 5.41) is 5.81. The highest BCUT2D eigenvalue weighted by molar-refractivity contribution is 9.10. The van der Waals surface area contributed by atoms with E-state index in [4.69, 9.17) is 0 Å². The first kappa shape index (κ1) is 15.4.